The number of anilines is 2. The number of amides is 3. The number of nitrogens with two attached hydrogens (primary N) is 1. The topological polar surface area (TPSA) is 183 Å². The molecule has 2 aliphatic heterocycles. The molecule has 2 aliphatic rings. The molecular weight excluding hydrogens is 1020 g/mol. The molecule has 8 aromatic rings. The number of rotatable bonds is 15. The van der Waals surface area contributed by atoms with Gasteiger partial charge in [-0.1, -0.05) is 48.5 Å². The van der Waals surface area contributed by atoms with E-state index in [9.17, 15) is 14.4 Å². The number of piperidine rings is 2. The molecule has 6 aromatic carbocycles. The number of para-hydroxylation sites is 2. The van der Waals surface area contributed by atoms with Gasteiger partial charge in [0.2, 0.25) is 0 Å². The zero-order valence-electron chi connectivity index (χ0n) is 47.4. The molecule has 0 unspecified atom stereocenters. The van der Waals surface area contributed by atoms with Gasteiger partial charge in [0.25, 0.3) is 11.8 Å². The van der Waals surface area contributed by atoms with Crippen molar-refractivity contribution >= 4 is 29.3 Å². The van der Waals surface area contributed by atoms with Crippen molar-refractivity contribution in [2.24, 2.45) is 5.73 Å². The van der Waals surface area contributed by atoms with E-state index in [0.29, 0.717) is 47.2 Å². The number of benzene rings is 6. The Morgan fingerprint density at radius 3 is 1.51 bits per heavy atom. The Kier molecular flexibility index (Phi) is 18.4. The maximum atomic E-state index is 13.5. The number of hydrogen-bond donors (Lipinski definition) is 4. The minimum Gasteiger partial charge on any atom is -0.457 e. The highest BCUT2D eigenvalue weighted by Gasteiger charge is 2.25. The number of nitrogens with zero attached hydrogens (tertiary/aromatic N) is 6. The van der Waals surface area contributed by atoms with Crippen LogP contribution in [0.15, 0.2) is 159 Å². The standard InChI is InChI=1S/C35H41N5O4.C30H33N5O2/c1-24-13-14-27(18-32(24)43-31-11-7-6-8-12-31)33(41)37-29-16-26(17-30(19-29)40-20-25(2)36-23-40)21-39-15-9-10-28(22-39)38-34(42)44-35(3,4)5;1-21-10-11-24(15-29(21)37-28-8-4-3-5-9-28)30(36)33-26-13-23(18-34-12-6-7-25(31)19-34)14-27(16-26)35-17-22(2)32-20-35/h6-8,11-14,16-20,23,28H,9-10,15,21-22H2,1-5H3,(H,37,41)(H,38,42);3-5,8-11,13-17,20,25H,6-7,12,18-19,31H2,1-2H3,(H,33,36)/t28-;25-/m00/s1. The first-order valence-corrected chi connectivity index (χ1v) is 27.7. The van der Waals surface area contributed by atoms with Crippen LogP contribution >= 0.6 is 0 Å². The predicted octanol–water partition coefficient (Wildman–Crippen LogP) is 12.5. The number of aryl methyl sites for hydroxylation is 4. The van der Waals surface area contributed by atoms with Crippen molar-refractivity contribution in [3.8, 4) is 34.4 Å². The first-order valence-electron chi connectivity index (χ1n) is 27.7. The smallest absolute Gasteiger partial charge is 0.407 e. The van der Waals surface area contributed by atoms with E-state index >= 15 is 0 Å². The lowest BCUT2D eigenvalue weighted by Gasteiger charge is -2.33. The van der Waals surface area contributed by atoms with Crippen LogP contribution in [0, 0.1) is 27.7 Å². The van der Waals surface area contributed by atoms with E-state index in [0.717, 1.165) is 108 Å². The number of likely N-dealkylation sites (tertiary alicyclic amines) is 2. The summed E-state index contributed by atoms with van der Waals surface area (Å²) in [5.41, 5.74) is 15.9. The van der Waals surface area contributed by atoms with E-state index < -0.39 is 5.60 Å². The molecule has 2 atom stereocenters. The second-order valence-corrected chi connectivity index (χ2v) is 22.2. The number of carbonyl (C=O) groups excluding carboxylic acids is 3. The van der Waals surface area contributed by atoms with Crippen molar-refractivity contribution in [3.05, 3.63) is 203 Å². The normalized spacial score (nSPS) is 15.7. The fourth-order valence-electron chi connectivity index (χ4n) is 9.98. The first kappa shape index (κ1) is 57.1. The van der Waals surface area contributed by atoms with Crippen molar-refractivity contribution < 1.29 is 28.6 Å². The van der Waals surface area contributed by atoms with Crippen LogP contribution in [0.4, 0.5) is 16.2 Å². The van der Waals surface area contributed by atoms with Gasteiger partial charge in [-0.05, 0) is 194 Å². The molecule has 5 N–H and O–H groups in total. The lowest BCUT2D eigenvalue weighted by atomic mass is 10.0. The van der Waals surface area contributed by atoms with Gasteiger partial charge in [0.05, 0.1) is 24.0 Å². The number of ether oxygens (including phenoxy) is 3. The van der Waals surface area contributed by atoms with Crippen molar-refractivity contribution in [2.75, 3.05) is 36.8 Å². The molecule has 16 heteroatoms. The van der Waals surface area contributed by atoms with Crippen LogP contribution in [0.3, 0.4) is 0 Å². The second-order valence-electron chi connectivity index (χ2n) is 22.2. The van der Waals surface area contributed by atoms with Crippen molar-refractivity contribution in [2.45, 2.75) is 105 Å². The summed E-state index contributed by atoms with van der Waals surface area (Å²) in [5, 5.41) is 9.23. The molecule has 3 amide bonds. The van der Waals surface area contributed by atoms with Crippen LogP contribution in [0.1, 0.15) is 101 Å². The van der Waals surface area contributed by atoms with Gasteiger partial charge in [-0.3, -0.25) is 19.4 Å². The molecule has 420 valence electrons. The van der Waals surface area contributed by atoms with E-state index in [1.165, 1.54) is 0 Å². The third-order valence-electron chi connectivity index (χ3n) is 13.9. The molecule has 0 spiro atoms. The SMILES string of the molecule is Cc1cn(-c2cc(CN3CCC[C@H](N)C3)cc(NC(=O)c3ccc(C)c(Oc4ccccc4)c3)c2)cn1.Cc1cn(-c2cc(CN3CCC[C@H](NC(=O)OC(C)(C)C)C3)cc(NC(=O)c3ccc(C)c(Oc4ccccc4)c3)c2)cn1. The summed E-state index contributed by atoms with van der Waals surface area (Å²) >= 11 is 0. The average Bonchev–Trinajstić information content (AvgIpc) is 4.10. The van der Waals surface area contributed by atoms with E-state index in [4.69, 9.17) is 19.9 Å². The fourth-order valence-corrected chi connectivity index (χ4v) is 9.98. The molecule has 2 aromatic heterocycles. The summed E-state index contributed by atoms with van der Waals surface area (Å²) < 4.78 is 21.5. The van der Waals surface area contributed by atoms with E-state index in [1.54, 1.807) is 30.9 Å². The molecule has 16 nitrogen and oxygen atoms in total. The van der Waals surface area contributed by atoms with E-state index in [1.807, 2.05) is 173 Å². The number of carbonyl (C=O) groups is 3. The third kappa shape index (κ3) is 16.5. The van der Waals surface area contributed by atoms with Gasteiger partial charge in [-0.2, -0.15) is 0 Å². The lowest BCUT2D eigenvalue weighted by Crippen LogP contribution is -2.48. The molecule has 2 saturated heterocycles. The molecule has 0 saturated carbocycles. The van der Waals surface area contributed by atoms with Crippen molar-refractivity contribution in [1.29, 1.82) is 0 Å². The van der Waals surface area contributed by atoms with Crippen molar-refractivity contribution in [3.63, 3.8) is 0 Å². The second kappa shape index (κ2) is 26.1. The highest BCUT2D eigenvalue weighted by molar-refractivity contribution is 6.05. The van der Waals surface area contributed by atoms with Crippen LogP contribution in [0.5, 0.6) is 23.0 Å². The Balaban J connectivity index is 0.000000198. The Morgan fingerprint density at radius 1 is 0.593 bits per heavy atom. The highest BCUT2D eigenvalue weighted by atomic mass is 16.6. The number of nitrogens with one attached hydrogen (secondary N) is 3. The summed E-state index contributed by atoms with van der Waals surface area (Å²) in [6.07, 6.45) is 11.2. The molecular formula is C65H74N10O6. The zero-order valence-corrected chi connectivity index (χ0v) is 47.4. The van der Waals surface area contributed by atoms with Gasteiger partial charge in [0.1, 0.15) is 28.6 Å². The minimum absolute atomic E-state index is 0.00564. The van der Waals surface area contributed by atoms with Gasteiger partial charge in [0.15, 0.2) is 0 Å². The molecule has 0 bridgehead atoms. The largest absolute Gasteiger partial charge is 0.457 e. The molecule has 81 heavy (non-hydrogen) atoms. The summed E-state index contributed by atoms with van der Waals surface area (Å²) in [7, 11) is 0. The Labute approximate surface area is 475 Å². The lowest BCUT2D eigenvalue weighted by molar-refractivity contribution is 0.0470. The monoisotopic (exact) mass is 1090 g/mol. The van der Waals surface area contributed by atoms with Gasteiger partial charge >= 0.3 is 6.09 Å². The maximum Gasteiger partial charge on any atom is 0.407 e. The maximum absolute atomic E-state index is 13.5. The van der Waals surface area contributed by atoms with E-state index in [-0.39, 0.29) is 30.0 Å². The fraction of sp³-hybridized carbons (Fsp3) is 0.308. The van der Waals surface area contributed by atoms with Crippen LogP contribution in [0.2, 0.25) is 0 Å². The number of imidazole rings is 2. The number of alkyl carbamates (subject to hydrolysis) is 1. The Hall–Kier alpha value is -8.57. The molecule has 4 heterocycles. The summed E-state index contributed by atoms with van der Waals surface area (Å²) in [5.74, 6) is 2.31. The quantitative estimate of drug-likeness (QED) is 0.0766. The first-order chi connectivity index (χ1) is 38.9. The van der Waals surface area contributed by atoms with Gasteiger partial charge in [-0.15, -0.1) is 0 Å². The van der Waals surface area contributed by atoms with Crippen LogP contribution in [0.25, 0.3) is 11.4 Å². The predicted molar refractivity (Wildman–Crippen MR) is 318 cm³/mol. The van der Waals surface area contributed by atoms with Crippen LogP contribution in [-0.2, 0) is 17.8 Å². The van der Waals surface area contributed by atoms with E-state index in [2.05, 4.69) is 47.9 Å². The number of hydrogen-bond acceptors (Lipinski definition) is 11. The minimum atomic E-state index is -0.541. The summed E-state index contributed by atoms with van der Waals surface area (Å²) in [6.45, 7) is 18.4. The summed E-state index contributed by atoms with van der Waals surface area (Å²) in [4.78, 5) is 52.6. The zero-order chi connectivity index (χ0) is 57.0. The van der Waals surface area contributed by atoms with Crippen LogP contribution in [-0.4, -0.2) is 90.7 Å². The molecule has 0 radical (unpaired) electrons. The number of aromatic nitrogens is 4. The molecule has 10 rings (SSSR count). The van der Waals surface area contributed by atoms with Crippen molar-refractivity contribution in [1.82, 2.24) is 34.2 Å². The third-order valence-corrected chi connectivity index (χ3v) is 13.9. The van der Waals surface area contributed by atoms with Crippen LogP contribution < -0.4 is 31.2 Å². The highest BCUT2D eigenvalue weighted by Crippen LogP contribution is 2.30. The summed E-state index contributed by atoms with van der Waals surface area (Å²) in [6, 6.07) is 42.5. The molecule has 2 fully saturated rings. The molecule has 0 aliphatic carbocycles. The Bertz CT molecular complexity index is 3440. The van der Waals surface area contributed by atoms with Gasteiger partial charge < -0.3 is 45.0 Å². The van der Waals surface area contributed by atoms with Gasteiger partial charge in [0, 0.05) is 84.5 Å². The van der Waals surface area contributed by atoms with Gasteiger partial charge in [-0.25, -0.2) is 14.8 Å². The Morgan fingerprint density at radius 2 is 1.06 bits per heavy atom. The average molecular weight is 1090 g/mol.